The lowest BCUT2D eigenvalue weighted by Gasteiger charge is -2.57. The number of nitrogens with one attached hydrogen (secondary N) is 1. The lowest BCUT2D eigenvalue weighted by atomic mass is 9.53. The average Bonchev–Trinajstić information content (AvgIpc) is 3.08. The summed E-state index contributed by atoms with van der Waals surface area (Å²) < 4.78 is 11.0. The van der Waals surface area contributed by atoms with E-state index in [9.17, 15) is 0 Å². The molecule has 0 spiro atoms. The third-order valence-corrected chi connectivity index (χ3v) is 6.55. The maximum atomic E-state index is 5.71. The first-order valence-corrected chi connectivity index (χ1v) is 9.55. The first-order chi connectivity index (χ1) is 12.2. The standard InChI is InChI=1S/C21H26N2O2/c1-24-19-4-2-3-17(8-19)20-23-18(13-25-20)12-22-21-9-14-5-15(10-21)7-16(6-14)11-21/h2-4,8,13-16,22H,5-7,9-12H2,1H3. The first kappa shape index (κ1) is 15.4. The quantitative estimate of drug-likeness (QED) is 0.877. The number of nitrogens with zero attached hydrogens (tertiary/aromatic N) is 1. The normalized spacial score (nSPS) is 32.9. The van der Waals surface area contributed by atoms with Gasteiger partial charge in [-0.25, -0.2) is 4.98 Å². The van der Waals surface area contributed by atoms with Crippen molar-refractivity contribution in [3.05, 3.63) is 36.2 Å². The summed E-state index contributed by atoms with van der Waals surface area (Å²) in [6.45, 7) is 0.805. The van der Waals surface area contributed by atoms with Crippen LogP contribution in [0, 0.1) is 17.8 Å². The molecule has 4 bridgehead atoms. The molecule has 2 aromatic rings. The number of oxazole rings is 1. The Morgan fingerprint density at radius 3 is 2.56 bits per heavy atom. The zero-order valence-electron chi connectivity index (χ0n) is 14.8. The molecule has 4 nitrogen and oxygen atoms in total. The van der Waals surface area contributed by atoms with Crippen molar-refractivity contribution in [3.63, 3.8) is 0 Å². The average molecular weight is 338 g/mol. The van der Waals surface area contributed by atoms with Gasteiger partial charge in [0.1, 0.15) is 12.0 Å². The summed E-state index contributed by atoms with van der Waals surface area (Å²) in [5.41, 5.74) is 2.32. The summed E-state index contributed by atoms with van der Waals surface area (Å²) in [4.78, 5) is 4.69. The lowest BCUT2D eigenvalue weighted by molar-refractivity contribution is -0.0207. The molecule has 1 aromatic carbocycles. The fourth-order valence-electron chi connectivity index (χ4n) is 5.88. The molecule has 4 fully saturated rings. The summed E-state index contributed by atoms with van der Waals surface area (Å²) in [7, 11) is 1.68. The SMILES string of the molecule is COc1cccc(-c2nc(CNC34CC5CC(CC(C5)C3)C4)co2)c1. The number of rotatable bonds is 5. The summed E-state index contributed by atoms with van der Waals surface area (Å²) in [6.07, 6.45) is 10.3. The van der Waals surface area contributed by atoms with E-state index in [2.05, 4.69) is 10.3 Å². The number of benzene rings is 1. The van der Waals surface area contributed by atoms with Gasteiger partial charge >= 0.3 is 0 Å². The zero-order chi connectivity index (χ0) is 16.9. The van der Waals surface area contributed by atoms with Gasteiger partial charge in [0.25, 0.3) is 0 Å². The number of methoxy groups -OCH3 is 1. The number of hydrogen-bond acceptors (Lipinski definition) is 4. The van der Waals surface area contributed by atoms with Crippen molar-refractivity contribution in [1.82, 2.24) is 10.3 Å². The van der Waals surface area contributed by atoms with Crippen molar-refractivity contribution in [1.29, 1.82) is 0 Å². The van der Waals surface area contributed by atoms with Crippen LogP contribution in [0.2, 0.25) is 0 Å². The minimum atomic E-state index is 0.365. The van der Waals surface area contributed by atoms with Crippen molar-refractivity contribution in [2.75, 3.05) is 7.11 Å². The van der Waals surface area contributed by atoms with Gasteiger partial charge in [0.05, 0.1) is 12.8 Å². The van der Waals surface area contributed by atoms with Crippen LogP contribution >= 0.6 is 0 Å². The Balaban J connectivity index is 1.29. The molecule has 0 amide bonds. The third-order valence-electron chi connectivity index (χ3n) is 6.55. The van der Waals surface area contributed by atoms with Crippen LogP contribution in [0.5, 0.6) is 5.75 Å². The Morgan fingerprint density at radius 1 is 1.16 bits per heavy atom. The second-order valence-electron chi connectivity index (χ2n) is 8.43. The van der Waals surface area contributed by atoms with Gasteiger partial charge in [-0.3, -0.25) is 0 Å². The van der Waals surface area contributed by atoms with Gasteiger partial charge in [0.2, 0.25) is 5.89 Å². The number of aromatic nitrogens is 1. The molecule has 4 aliphatic carbocycles. The topological polar surface area (TPSA) is 47.3 Å². The van der Waals surface area contributed by atoms with E-state index in [0.717, 1.165) is 41.3 Å². The molecular formula is C21H26N2O2. The summed E-state index contributed by atoms with van der Waals surface area (Å²) in [5, 5.41) is 3.88. The highest BCUT2D eigenvalue weighted by molar-refractivity contribution is 5.55. The van der Waals surface area contributed by atoms with Crippen molar-refractivity contribution in [2.45, 2.75) is 50.6 Å². The molecule has 6 rings (SSSR count). The van der Waals surface area contributed by atoms with Crippen LogP contribution in [0.4, 0.5) is 0 Å². The summed E-state index contributed by atoms with van der Waals surface area (Å²) in [5.74, 6) is 4.38. The Morgan fingerprint density at radius 2 is 1.88 bits per heavy atom. The highest BCUT2D eigenvalue weighted by atomic mass is 16.5. The lowest BCUT2D eigenvalue weighted by Crippen LogP contribution is -2.58. The monoisotopic (exact) mass is 338 g/mol. The van der Waals surface area contributed by atoms with E-state index in [-0.39, 0.29) is 0 Å². The van der Waals surface area contributed by atoms with Gasteiger partial charge in [-0.15, -0.1) is 0 Å². The highest BCUT2D eigenvalue weighted by Crippen LogP contribution is 2.55. The molecule has 1 N–H and O–H groups in total. The molecule has 25 heavy (non-hydrogen) atoms. The molecule has 0 unspecified atom stereocenters. The van der Waals surface area contributed by atoms with Crippen molar-refractivity contribution >= 4 is 0 Å². The van der Waals surface area contributed by atoms with Crippen LogP contribution in [-0.4, -0.2) is 17.6 Å². The van der Waals surface area contributed by atoms with E-state index in [1.54, 1.807) is 13.4 Å². The number of ether oxygens (including phenoxy) is 1. The van der Waals surface area contributed by atoms with E-state index >= 15 is 0 Å². The van der Waals surface area contributed by atoms with Crippen molar-refractivity contribution < 1.29 is 9.15 Å². The number of hydrogen-bond donors (Lipinski definition) is 1. The van der Waals surface area contributed by atoms with Crippen molar-refractivity contribution in [2.24, 2.45) is 17.8 Å². The molecule has 0 radical (unpaired) electrons. The first-order valence-electron chi connectivity index (χ1n) is 9.55. The Kier molecular flexibility index (Phi) is 3.63. The largest absolute Gasteiger partial charge is 0.497 e. The minimum Gasteiger partial charge on any atom is -0.497 e. The molecule has 4 saturated carbocycles. The molecule has 132 valence electrons. The molecule has 0 atom stereocenters. The minimum absolute atomic E-state index is 0.365. The van der Waals surface area contributed by atoms with E-state index in [0.29, 0.717) is 11.4 Å². The van der Waals surface area contributed by atoms with E-state index in [1.807, 2.05) is 24.3 Å². The van der Waals surface area contributed by atoms with Gasteiger partial charge in [-0.05, 0) is 74.5 Å². The third kappa shape index (κ3) is 2.86. The van der Waals surface area contributed by atoms with Crippen LogP contribution in [0.25, 0.3) is 11.5 Å². The Bertz CT molecular complexity index is 731. The van der Waals surface area contributed by atoms with Crippen LogP contribution in [0.3, 0.4) is 0 Å². The molecule has 0 aliphatic heterocycles. The van der Waals surface area contributed by atoms with Crippen molar-refractivity contribution in [3.8, 4) is 17.2 Å². The second-order valence-corrected chi connectivity index (χ2v) is 8.43. The maximum absolute atomic E-state index is 5.71. The van der Waals surface area contributed by atoms with E-state index in [1.165, 1.54) is 38.5 Å². The van der Waals surface area contributed by atoms with Gasteiger partial charge in [0.15, 0.2) is 0 Å². The van der Waals surface area contributed by atoms with E-state index < -0.39 is 0 Å². The van der Waals surface area contributed by atoms with Crippen LogP contribution in [-0.2, 0) is 6.54 Å². The Hall–Kier alpha value is -1.81. The smallest absolute Gasteiger partial charge is 0.226 e. The van der Waals surface area contributed by atoms with E-state index in [4.69, 9.17) is 9.15 Å². The van der Waals surface area contributed by atoms with Crippen LogP contribution in [0.15, 0.2) is 34.9 Å². The molecule has 1 aromatic heterocycles. The molecule has 4 aliphatic rings. The highest BCUT2D eigenvalue weighted by Gasteiger charge is 2.50. The van der Waals surface area contributed by atoms with Gasteiger partial charge < -0.3 is 14.5 Å². The molecule has 1 heterocycles. The van der Waals surface area contributed by atoms with Crippen LogP contribution in [0.1, 0.15) is 44.2 Å². The predicted molar refractivity (Wildman–Crippen MR) is 96.2 cm³/mol. The Labute approximate surface area is 149 Å². The van der Waals surface area contributed by atoms with Gasteiger partial charge in [-0.2, -0.15) is 0 Å². The fraction of sp³-hybridized carbons (Fsp3) is 0.571. The van der Waals surface area contributed by atoms with Gasteiger partial charge in [0, 0.05) is 17.6 Å². The maximum Gasteiger partial charge on any atom is 0.226 e. The summed E-state index contributed by atoms with van der Waals surface area (Å²) >= 11 is 0. The molecular weight excluding hydrogens is 312 g/mol. The fourth-order valence-corrected chi connectivity index (χ4v) is 5.88. The zero-order valence-corrected chi connectivity index (χ0v) is 14.8. The molecule has 0 saturated heterocycles. The second kappa shape index (κ2) is 5.87. The van der Waals surface area contributed by atoms with Crippen LogP contribution < -0.4 is 10.1 Å². The van der Waals surface area contributed by atoms with Gasteiger partial charge in [-0.1, -0.05) is 6.07 Å². The predicted octanol–water partition coefficient (Wildman–Crippen LogP) is 4.41. The molecule has 4 heteroatoms. The summed E-state index contributed by atoms with van der Waals surface area (Å²) in [6, 6.07) is 7.86.